The Kier molecular flexibility index (Phi) is 8.72. The van der Waals surface area contributed by atoms with Crippen LogP contribution >= 0.6 is 23.5 Å². The Morgan fingerprint density at radius 1 is 1.04 bits per heavy atom. The van der Waals surface area contributed by atoms with Crippen LogP contribution in [0.3, 0.4) is 0 Å². The molecule has 25 heavy (non-hydrogen) atoms. The SMILES string of the molecule is CCC(O)CC1(c2cc(OCOC)cc(OCOC)c2)SCCCS1. The summed E-state index contributed by atoms with van der Waals surface area (Å²) in [7, 11) is 3.19. The van der Waals surface area contributed by atoms with Crippen molar-refractivity contribution in [2.75, 3.05) is 39.3 Å². The van der Waals surface area contributed by atoms with Gasteiger partial charge in [-0.25, -0.2) is 0 Å². The van der Waals surface area contributed by atoms with E-state index in [1.807, 2.05) is 48.6 Å². The first-order valence-electron chi connectivity index (χ1n) is 8.48. The van der Waals surface area contributed by atoms with E-state index >= 15 is 0 Å². The van der Waals surface area contributed by atoms with E-state index in [1.165, 1.54) is 6.42 Å². The average molecular weight is 389 g/mol. The van der Waals surface area contributed by atoms with Crippen LogP contribution in [-0.4, -0.2) is 50.5 Å². The summed E-state index contributed by atoms with van der Waals surface area (Å²) in [5.74, 6) is 3.56. The highest BCUT2D eigenvalue weighted by Gasteiger charge is 2.38. The first-order valence-corrected chi connectivity index (χ1v) is 10.5. The van der Waals surface area contributed by atoms with Gasteiger partial charge in [-0.3, -0.25) is 0 Å². The lowest BCUT2D eigenvalue weighted by Gasteiger charge is -2.38. The van der Waals surface area contributed by atoms with Gasteiger partial charge in [-0.1, -0.05) is 6.92 Å². The fraction of sp³-hybridized carbons (Fsp3) is 0.667. The van der Waals surface area contributed by atoms with E-state index in [-0.39, 0.29) is 23.8 Å². The van der Waals surface area contributed by atoms with Crippen LogP contribution in [0, 0.1) is 0 Å². The highest BCUT2D eigenvalue weighted by atomic mass is 32.2. The minimum atomic E-state index is -0.329. The molecule has 0 radical (unpaired) electrons. The molecule has 0 amide bonds. The minimum Gasteiger partial charge on any atom is -0.467 e. The molecule has 0 spiro atoms. The van der Waals surface area contributed by atoms with Gasteiger partial charge < -0.3 is 24.1 Å². The van der Waals surface area contributed by atoms with Crippen LogP contribution in [0.5, 0.6) is 11.5 Å². The van der Waals surface area contributed by atoms with E-state index in [1.54, 1.807) is 14.2 Å². The molecule has 2 rings (SSSR count). The second-order valence-corrected chi connectivity index (χ2v) is 8.91. The lowest BCUT2D eigenvalue weighted by molar-refractivity contribution is 0.0459. The van der Waals surface area contributed by atoms with Gasteiger partial charge in [0.05, 0.1) is 10.2 Å². The maximum atomic E-state index is 10.3. The third-order valence-electron chi connectivity index (χ3n) is 3.94. The van der Waals surface area contributed by atoms with Crippen LogP contribution < -0.4 is 9.47 Å². The smallest absolute Gasteiger partial charge is 0.188 e. The van der Waals surface area contributed by atoms with Crippen molar-refractivity contribution in [2.24, 2.45) is 0 Å². The molecule has 1 fully saturated rings. The predicted octanol–water partition coefficient (Wildman–Crippen LogP) is 3.84. The van der Waals surface area contributed by atoms with Crippen LogP contribution in [0.25, 0.3) is 0 Å². The topological polar surface area (TPSA) is 57.2 Å². The molecular formula is C18H28O5S2. The van der Waals surface area contributed by atoms with E-state index in [4.69, 9.17) is 18.9 Å². The molecule has 1 atom stereocenters. The predicted molar refractivity (Wildman–Crippen MR) is 104 cm³/mol. The summed E-state index contributed by atoms with van der Waals surface area (Å²) in [6, 6.07) is 5.91. The zero-order valence-corrected chi connectivity index (χ0v) is 16.8. The zero-order chi connectivity index (χ0) is 18.1. The third-order valence-corrected chi connectivity index (χ3v) is 7.37. The van der Waals surface area contributed by atoms with E-state index in [9.17, 15) is 5.11 Å². The molecule has 0 aromatic heterocycles. The number of aliphatic hydroxyl groups excluding tert-OH is 1. The van der Waals surface area contributed by atoms with Crippen molar-refractivity contribution in [3.05, 3.63) is 23.8 Å². The molecule has 5 nitrogen and oxygen atoms in total. The number of hydrogen-bond donors (Lipinski definition) is 1. The molecule has 7 heteroatoms. The number of ether oxygens (including phenoxy) is 4. The number of thioether (sulfide) groups is 2. The van der Waals surface area contributed by atoms with Crippen molar-refractivity contribution in [2.45, 2.75) is 36.4 Å². The fourth-order valence-electron chi connectivity index (χ4n) is 2.64. The Labute approximate surface area is 158 Å². The van der Waals surface area contributed by atoms with Crippen molar-refractivity contribution in [3.63, 3.8) is 0 Å². The van der Waals surface area contributed by atoms with Gasteiger partial charge >= 0.3 is 0 Å². The first kappa shape index (κ1) is 20.7. The quantitative estimate of drug-likeness (QED) is 0.611. The molecule has 0 bridgehead atoms. The Morgan fingerprint density at radius 2 is 1.60 bits per heavy atom. The van der Waals surface area contributed by atoms with Gasteiger partial charge in [-0.05, 0) is 42.0 Å². The largest absolute Gasteiger partial charge is 0.467 e. The molecule has 1 aliphatic rings. The van der Waals surface area contributed by atoms with Crippen LogP contribution in [-0.2, 0) is 13.6 Å². The second kappa shape index (κ2) is 10.5. The molecule has 1 heterocycles. The number of hydrogen-bond acceptors (Lipinski definition) is 7. The minimum absolute atomic E-state index is 0.179. The van der Waals surface area contributed by atoms with Gasteiger partial charge in [-0.15, -0.1) is 23.5 Å². The first-order chi connectivity index (χ1) is 12.1. The Morgan fingerprint density at radius 3 is 2.08 bits per heavy atom. The molecule has 0 saturated carbocycles. The van der Waals surface area contributed by atoms with Crippen molar-refractivity contribution in [3.8, 4) is 11.5 Å². The number of rotatable bonds is 10. The van der Waals surface area contributed by atoms with Crippen LogP contribution in [0.15, 0.2) is 18.2 Å². The molecule has 142 valence electrons. The van der Waals surface area contributed by atoms with Crippen molar-refractivity contribution in [1.29, 1.82) is 0 Å². The Hall–Kier alpha value is -0.600. The van der Waals surface area contributed by atoms with E-state index < -0.39 is 0 Å². The van der Waals surface area contributed by atoms with Gasteiger partial charge in [0.2, 0.25) is 0 Å². The van der Waals surface area contributed by atoms with Crippen molar-refractivity contribution in [1.82, 2.24) is 0 Å². The molecule has 1 saturated heterocycles. The normalized spacial score (nSPS) is 17.9. The molecule has 1 aliphatic heterocycles. The van der Waals surface area contributed by atoms with Crippen LogP contribution in [0.2, 0.25) is 0 Å². The van der Waals surface area contributed by atoms with E-state index in [0.29, 0.717) is 17.9 Å². The average Bonchev–Trinajstić information content (AvgIpc) is 2.65. The van der Waals surface area contributed by atoms with Gasteiger partial charge in [0.15, 0.2) is 13.6 Å². The van der Waals surface area contributed by atoms with Crippen molar-refractivity contribution < 1.29 is 24.1 Å². The molecular weight excluding hydrogens is 360 g/mol. The van der Waals surface area contributed by atoms with Gasteiger partial charge in [0.25, 0.3) is 0 Å². The zero-order valence-electron chi connectivity index (χ0n) is 15.2. The fourth-order valence-corrected chi connectivity index (χ4v) is 6.09. The number of benzene rings is 1. The summed E-state index contributed by atoms with van der Waals surface area (Å²) in [6.45, 7) is 2.37. The van der Waals surface area contributed by atoms with E-state index in [2.05, 4.69) is 0 Å². The highest BCUT2D eigenvalue weighted by Crippen LogP contribution is 2.54. The van der Waals surface area contributed by atoms with Crippen molar-refractivity contribution >= 4 is 23.5 Å². The lowest BCUT2D eigenvalue weighted by Crippen LogP contribution is -2.28. The van der Waals surface area contributed by atoms with E-state index in [0.717, 1.165) is 23.5 Å². The second-order valence-electron chi connectivity index (χ2n) is 5.86. The summed E-state index contributed by atoms with van der Waals surface area (Å²) in [6.07, 6.45) is 2.31. The number of methoxy groups -OCH3 is 2. The summed E-state index contributed by atoms with van der Waals surface area (Å²) in [5, 5.41) is 10.3. The molecule has 1 aromatic rings. The monoisotopic (exact) mass is 388 g/mol. The number of aliphatic hydroxyl groups is 1. The van der Waals surface area contributed by atoms with Crippen LogP contribution in [0.4, 0.5) is 0 Å². The summed E-state index contributed by atoms with van der Waals surface area (Å²) in [5.41, 5.74) is 1.11. The summed E-state index contributed by atoms with van der Waals surface area (Å²) < 4.78 is 21.2. The van der Waals surface area contributed by atoms with Crippen LogP contribution in [0.1, 0.15) is 31.7 Å². The Bertz CT molecular complexity index is 494. The molecule has 1 unspecified atom stereocenters. The van der Waals surface area contributed by atoms with Gasteiger partial charge in [0.1, 0.15) is 11.5 Å². The highest BCUT2D eigenvalue weighted by molar-refractivity contribution is 8.18. The molecule has 1 N–H and O–H groups in total. The standard InChI is InChI=1S/C18H28O5S2/c1-4-15(19)11-18(24-6-5-7-25-18)14-8-16(22-12-20-2)10-17(9-14)23-13-21-3/h8-10,15,19H,4-7,11-13H2,1-3H3. The molecule has 1 aromatic carbocycles. The van der Waals surface area contributed by atoms with Gasteiger partial charge in [0, 0.05) is 26.7 Å². The third kappa shape index (κ3) is 5.96. The van der Waals surface area contributed by atoms with Gasteiger partial charge in [-0.2, -0.15) is 0 Å². The maximum absolute atomic E-state index is 10.3. The molecule has 0 aliphatic carbocycles. The lowest BCUT2D eigenvalue weighted by atomic mass is 10.0. The Balaban J connectivity index is 2.35. The maximum Gasteiger partial charge on any atom is 0.188 e. The summed E-state index contributed by atoms with van der Waals surface area (Å²) >= 11 is 3.80. The summed E-state index contributed by atoms with van der Waals surface area (Å²) in [4.78, 5) is 0.